The Hall–Kier alpha value is -0.680. The second-order valence-electron chi connectivity index (χ2n) is 3.66. The van der Waals surface area contributed by atoms with Crippen LogP contribution in [0.4, 0.5) is 5.13 Å². The highest BCUT2D eigenvalue weighted by molar-refractivity contribution is 7.09. The molecule has 1 aromatic heterocycles. The van der Waals surface area contributed by atoms with Crippen molar-refractivity contribution in [2.45, 2.75) is 31.7 Å². The highest BCUT2D eigenvalue weighted by Gasteiger charge is 2.21. The van der Waals surface area contributed by atoms with Crippen LogP contribution < -0.4 is 10.6 Å². The van der Waals surface area contributed by atoms with Crippen LogP contribution in [-0.4, -0.2) is 28.5 Å². The van der Waals surface area contributed by atoms with E-state index in [0.29, 0.717) is 6.04 Å². The molecule has 0 amide bonds. The van der Waals surface area contributed by atoms with Gasteiger partial charge >= 0.3 is 0 Å². The zero-order valence-electron chi connectivity index (χ0n) is 8.22. The van der Waals surface area contributed by atoms with E-state index in [4.69, 9.17) is 5.73 Å². The maximum absolute atomic E-state index is 5.78. The molecule has 0 radical (unpaired) electrons. The molecule has 0 spiro atoms. The third-order valence-corrected chi connectivity index (χ3v) is 3.45. The van der Waals surface area contributed by atoms with Gasteiger partial charge in [0.2, 0.25) is 5.13 Å². The first-order valence-corrected chi connectivity index (χ1v) is 5.92. The normalized spacial score (nSPS) is 23.5. The summed E-state index contributed by atoms with van der Waals surface area (Å²) in [4.78, 5) is 6.58. The molecule has 1 aliphatic rings. The third kappa shape index (κ3) is 2.04. The first-order valence-electron chi connectivity index (χ1n) is 5.15. The van der Waals surface area contributed by atoms with Gasteiger partial charge in [-0.05, 0) is 12.8 Å². The first kappa shape index (κ1) is 9.86. The zero-order chi connectivity index (χ0) is 9.80. The van der Waals surface area contributed by atoms with Crippen molar-refractivity contribution in [1.82, 2.24) is 9.36 Å². The SMILES string of the molecule is NCC1CCCCCN1c1ncns1. The molecule has 4 nitrogen and oxygen atoms in total. The van der Waals surface area contributed by atoms with Crippen LogP contribution >= 0.6 is 11.5 Å². The van der Waals surface area contributed by atoms with Crippen LogP contribution in [-0.2, 0) is 0 Å². The molecule has 14 heavy (non-hydrogen) atoms. The summed E-state index contributed by atoms with van der Waals surface area (Å²) >= 11 is 1.47. The molecule has 2 heterocycles. The summed E-state index contributed by atoms with van der Waals surface area (Å²) in [5.41, 5.74) is 5.78. The quantitative estimate of drug-likeness (QED) is 0.801. The lowest BCUT2D eigenvalue weighted by Crippen LogP contribution is -2.40. The van der Waals surface area contributed by atoms with Gasteiger partial charge in [0, 0.05) is 30.7 Å². The summed E-state index contributed by atoms with van der Waals surface area (Å²) in [6.07, 6.45) is 6.66. The van der Waals surface area contributed by atoms with E-state index in [1.54, 1.807) is 6.33 Å². The largest absolute Gasteiger partial charge is 0.343 e. The van der Waals surface area contributed by atoms with Gasteiger partial charge in [-0.1, -0.05) is 12.8 Å². The molecule has 1 unspecified atom stereocenters. The molecule has 1 aromatic rings. The van der Waals surface area contributed by atoms with Crippen LogP contribution in [0.15, 0.2) is 6.33 Å². The van der Waals surface area contributed by atoms with Crippen molar-refractivity contribution in [2.24, 2.45) is 5.73 Å². The van der Waals surface area contributed by atoms with Gasteiger partial charge in [0.25, 0.3) is 0 Å². The lowest BCUT2D eigenvalue weighted by atomic mass is 10.1. The fourth-order valence-corrected chi connectivity index (χ4v) is 2.60. The van der Waals surface area contributed by atoms with Gasteiger partial charge in [0.15, 0.2) is 0 Å². The molecule has 1 saturated heterocycles. The monoisotopic (exact) mass is 212 g/mol. The third-order valence-electron chi connectivity index (χ3n) is 2.74. The summed E-state index contributed by atoms with van der Waals surface area (Å²) in [6, 6.07) is 0.463. The predicted octanol–water partition coefficient (Wildman–Crippen LogP) is 1.25. The van der Waals surface area contributed by atoms with Crippen LogP contribution in [0.1, 0.15) is 25.7 Å². The lowest BCUT2D eigenvalue weighted by molar-refractivity contribution is 0.579. The Balaban J connectivity index is 2.12. The van der Waals surface area contributed by atoms with E-state index in [1.807, 2.05) is 0 Å². The lowest BCUT2D eigenvalue weighted by Gasteiger charge is -2.27. The highest BCUT2D eigenvalue weighted by atomic mass is 32.1. The average molecular weight is 212 g/mol. The Morgan fingerprint density at radius 3 is 3.14 bits per heavy atom. The topological polar surface area (TPSA) is 55.0 Å². The molecule has 78 valence electrons. The summed E-state index contributed by atoms with van der Waals surface area (Å²) in [6.45, 7) is 1.80. The van der Waals surface area contributed by atoms with E-state index in [-0.39, 0.29) is 0 Å². The Morgan fingerprint density at radius 2 is 2.43 bits per heavy atom. The first-order chi connectivity index (χ1) is 6.92. The molecular weight excluding hydrogens is 196 g/mol. The van der Waals surface area contributed by atoms with Crippen LogP contribution in [0, 0.1) is 0 Å². The van der Waals surface area contributed by atoms with Gasteiger partial charge < -0.3 is 10.6 Å². The van der Waals surface area contributed by atoms with Crippen molar-refractivity contribution in [3.63, 3.8) is 0 Å². The summed E-state index contributed by atoms with van der Waals surface area (Å²) in [5, 5.41) is 1.03. The maximum Gasteiger partial charge on any atom is 0.205 e. The Bertz CT molecular complexity index is 262. The Labute approximate surface area is 88.3 Å². The van der Waals surface area contributed by atoms with Crippen molar-refractivity contribution in [3.05, 3.63) is 6.33 Å². The molecule has 0 saturated carbocycles. The van der Waals surface area contributed by atoms with Crippen molar-refractivity contribution < 1.29 is 0 Å². The number of hydrogen-bond donors (Lipinski definition) is 1. The van der Waals surface area contributed by atoms with Crippen LogP contribution in [0.3, 0.4) is 0 Å². The molecule has 5 heteroatoms. The van der Waals surface area contributed by atoms with Gasteiger partial charge in [-0.2, -0.15) is 4.37 Å². The van der Waals surface area contributed by atoms with Crippen molar-refractivity contribution in [2.75, 3.05) is 18.0 Å². The predicted molar refractivity (Wildman–Crippen MR) is 58.6 cm³/mol. The molecule has 1 aliphatic heterocycles. The van der Waals surface area contributed by atoms with Gasteiger partial charge in [-0.25, -0.2) is 4.98 Å². The minimum atomic E-state index is 0.463. The van der Waals surface area contributed by atoms with E-state index in [9.17, 15) is 0 Å². The summed E-state index contributed by atoms with van der Waals surface area (Å²) < 4.78 is 4.04. The van der Waals surface area contributed by atoms with E-state index < -0.39 is 0 Å². The van der Waals surface area contributed by atoms with Crippen LogP contribution in [0.5, 0.6) is 0 Å². The fraction of sp³-hybridized carbons (Fsp3) is 0.778. The number of nitrogens with zero attached hydrogens (tertiary/aromatic N) is 3. The maximum atomic E-state index is 5.78. The second-order valence-corrected chi connectivity index (χ2v) is 4.41. The smallest absolute Gasteiger partial charge is 0.205 e. The average Bonchev–Trinajstić information content (AvgIpc) is 2.63. The number of aromatic nitrogens is 2. The fourth-order valence-electron chi connectivity index (χ4n) is 1.97. The molecule has 1 atom stereocenters. The number of rotatable bonds is 2. The zero-order valence-corrected chi connectivity index (χ0v) is 9.04. The molecule has 2 N–H and O–H groups in total. The summed E-state index contributed by atoms with van der Waals surface area (Å²) in [5.74, 6) is 0. The van der Waals surface area contributed by atoms with Gasteiger partial charge in [0.05, 0.1) is 0 Å². The standard InChI is InChI=1S/C9H16N4S/c10-6-8-4-2-1-3-5-13(8)9-11-7-12-14-9/h7-8H,1-6,10H2. The Kier molecular flexibility index (Phi) is 3.31. The number of anilines is 1. The van der Waals surface area contributed by atoms with E-state index in [0.717, 1.165) is 18.2 Å². The van der Waals surface area contributed by atoms with E-state index in [1.165, 1.54) is 37.2 Å². The van der Waals surface area contributed by atoms with Crippen molar-refractivity contribution in [1.29, 1.82) is 0 Å². The molecule has 0 bridgehead atoms. The number of nitrogens with two attached hydrogens (primary N) is 1. The molecule has 1 fully saturated rings. The molecule has 0 aromatic carbocycles. The van der Waals surface area contributed by atoms with Crippen molar-refractivity contribution in [3.8, 4) is 0 Å². The van der Waals surface area contributed by atoms with Gasteiger partial charge in [0.1, 0.15) is 6.33 Å². The summed E-state index contributed by atoms with van der Waals surface area (Å²) in [7, 11) is 0. The number of hydrogen-bond acceptors (Lipinski definition) is 5. The molecule has 2 rings (SSSR count). The highest BCUT2D eigenvalue weighted by Crippen LogP contribution is 2.23. The van der Waals surface area contributed by atoms with Gasteiger partial charge in [-0.15, -0.1) is 0 Å². The van der Waals surface area contributed by atoms with E-state index >= 15 is 0 Å². The Morgan fingerprint density at radius 1 is 1.50 bits per heavy atom. The molecular formula is C9H16N4S. The minimum Gasteiger partial charge on any atom is -0.343 e. The van der Waals surface area contributed by atoms with Crippen LogP contribution in [0.2, 0.25) is 0 Å². The van der Waals surface area contributed by atoms with Crippen molar-refractivity contribution >= 4 is 16.7 Å². The molecule has 0 aliphatic carbocycles. The minimum absolute atomic E-state index is 0.463. The van der Waals surface area contributed by atoms with E-state index in [2.05, 4.69) is 14.3 Å². The second kappa shape index (κ2) is 4.70. The van der Waals surface area contributed by atoms with Crippen LogP contribution in [0.25, 0.3) is 0 Å². The van der Waals surface area contributed by atoms with Gasteiger partial charge in [-0.3, -0.25) is 0 Å².